The van der Waals surface area contributed by atoms with E-state index in [1.165, 1.54) is 25.7 Å². The molecule has 114 valence electrons. The smallest absolute Gasteiger partial charge is 0.0597 e. The highest BCUT2D eigenvalue weighted by atomic mass is 16.5. The van der Waals surface area contributed by atoms with E-state index in [1.807, 2.05) is 0 Å². The molecular formula is C16H34N2O. The highest BCUT2D eigenvalue weighted by Gasteiger charge is 2.19. The van der Waals surface area contributed by atoms with E-state index < -0.39 is 0 Å². The molecule has 1 fully saturated rings. The first kappa shape index (κ1) is 16.9. The van der Waals surface area contributed by atoms with Crippen LogP contribution in [0, 0.1) is 0 Å². The Morgan fingerprint density at radius 1 is 1.11 bits per heavy atom. The van der Waals surface area contributed by atoms with E-state index in [0.29, 0.717) is 18.2 Å². The predicted molar refractivity (Wildman–Crippen MR) is 82.7 cm³/mol. The maximum Gasteiger partial charge on any atom is 0.0597 e. The summed E-state index contributed by atoms with van der Waals surface area (Å²) in [7, 11) is 0. The molecule has 19 heavy (non-hydrogen) atoms. The molecule has 0 amide bonds. The molecular weight excluding hydrogens is 236 g/mol. The molecule has 0 aliphatic heterocycles. The van der Waals surface area contributed by atoms with Crippen molar-refractivity contribution in [2.75, 3.05) is 19.7 Å². The minimum Gasteiger partial charge on any atom is -0.377 e. The SMILES string of the molecule is CC(CCCNC1CC1)OCCN(C(C)C)C(C)C. The molecule has 0 aromatic carbocycles. The van der Waals surface area contributed by atoms with E-state index in [0.717, 1.165) is 25.7 Å². The molecule has 1 unspecified atom stereocenters. The zero-order valence-electron chi connectivity index (χ0n) is 13.6. The van der Waals surface area contributed by atoms with Crippen molar-refractivity contribution in [3.05, 3.63) is 0 Å². The van der Waals surface area contributed by atoms with Gasteiger partial charge in [-0.3, -0.25) is 4.90 Å². The Balaban J connectivity index is 1.99. The Hall–Kier alpha value is -0.120. The molecule has 1 rings (SSSR count). The van der Waals surface area contributed by atoms with Crippen LogP contribution in [0.25, 0.3) is 0 Å². The summed E-state index contributed by atoms with van der Waals surface area (Å²) >= 11 is 0. The van der Waals surface area contributed by atoms with Crippen LogP contribution in [-0.2, 0) is 4.74 Å². The van der Waals surface area contributed by atoms with Gasteiger partial charge in [0, 0.05) is 24.7 Å². The number of rotatable bonds is 11. The van der Waals surface area contributed by atoms with Crippen LogP contribution in [0.2, 0.25) is 0 Å². The first-order chi connectivity index (χ1) is 9.00. The van der Waals surface area contributed by atoms with Crippen molar-refractivity contribution in [1.82, 2.24) is 10.2 Å². The van der Waals surface area contributed by atoms with Gasteiger partial charge in [-0.05, 0) is 66.8 Å². The lowest BCUT2D eigenvalue weighted by molar-refractivity contribution is 0.0299. The third-order valence-electron chi connectivity index (χ3n) is 3.88. The van der Waals surface area contributed by atoms with Gasteiger partial charge in [0.25, 0.3) is 0 Å². The van der Waals surface area contributed by atoms with Gasteiger partial charge in [-0.1, -0.05) is 0 Å². The van der Waals surface area contributed by atoms with Crippen LogP contribution in [0.4, 0.5) is 0 Å². The summed E-state index contributed by atoms with van der Waals surface area (Å²) < 4.78 is 5.93. The zero-order valence-corrected chi connectivity index (χ0v) is 13.6. The average molecular weight is 270 g/mol. The van der Waals surface area contributed by atoms with Gasteiger partial charge >= 0.3 is 0 Å². The fraction of sp³-hybridized carbons (Fsp3) is 1.00. The summed E-state index contributed by atoms with van der Waals surface area (Å²) in [5, 5.41) is 3.55. The van der Waals surface area contributed by atoms with Gasteiger partial charge in [0.1, 0.15) is 0 Å². The minimum atomic E-state index is 0.391. The lowest BCUT2D eigenvalue weighted by Gasteiger charge is -2.30. The molecule has 1 aliphatic carbocycles. The lowest BCUT2D eigenvalue weighted by atomic mass is 10.2. The number of hydrogen-bond acceptors (Lipinski definition) is 3. The Labute approximate surface area is 120 Å². The summed E-state index contributed by atoms with van der Waals surface area (Å²) in [6, 6.07) is 2.03. The van der Waals surface area contributed by atoms with Gasteiger partial charge in [0.2, 0.25) is 0 Å². The molecule has 0 heterocycles. The van der Waals surface area contributed by atoms with Crippen molar-refractivity contribution >= 4 is 0 Å². The number of hydrogen-bond donors (Lipinski definition) is 1. The standard InChI is InChI=1S/C16H34N2O/c1-13(2)18(14(3)4)11-12-19-15(5)7-6-10-17-16-8-9-16/h13-17H,6-12H2,1-5H3. The van der Waals surface area contributed by atoms with Crippen LogP contribution in [0.5, 0.6) is 0 Å². The van der Waals surface area contributed by atoms with Crippen LogP contribution in [0.1, 0.15) is 60.3 Å². The summed E-state index contributed by atoms with van der Waals surface area (Å²) in [6.45, 7) is 14.3. The average Bonchev–Trinajstić information content (AvgIpc) is 3.13. The molecule has 0 radical (unpaired) electrons. The van der Waals surface area contributed by atoms with Crippen molar-refractivity contribution < 1.29 is 4.74 Å². The minimum absolute atomic E-state index is 0.391. The lowest BCUT2D eigenvalue weighted by Crippen LogP contribution is -2.39. The van der Waals surface area contributed by atoms with Gasteiger partial charge in [-0.15, -0.1) is 0 Å². The number of ether oxygens (including phenoxy) is 1. The largest absolute Gasteiger partial charge is 0.377 e. The Morgan fingerprint density at radius 3 is 2.26 bits per heavy atom. The summed E-state index contributed by atoms with van der Waals surface area (Å²) in [4.78, 5) is 2.49. The monoisotopic (exact) mass is 270 g/mol. The topological polar surface area (TPSA) is 24.5 Å². The van der Waals surface area contributed by atoms with E-state index >= 15 is 0 Å². The van der Waals surface area contributed by atoms with E-state index in [1.54, 1.807) is 0 Å². The second kappa shape index (κ2) is 8.93. The highest BCUT2D eigenvalue weighted by molar-refractivity contribution is 4.80. The first-order valence-corrected chi connectivity index (χ1v) is 8.11. The van der Waals surface area contributed by atoms with Gasteiger partial charge in [0.15, 0.2) is 0 Å². The van der Waals surface area contributed by atoms with Gasteiger partial charge < -0.3 is 10.1 Å². The molecule has 1 atom stereocenters. The quantitative estimate of drug-likeness (QED) is 0.584. The molecule has 3 heteroatoms. The Morgan fingerprint density at radius 2 is 1.74 bits per heavy atom. The third-order valence-corrected chi connectivity index (χ3v) is 3.88. The number of nitrogens with one attached hydrogen (secondary N) is 1. The van der Waals surface area contributed by atoms with Gasteiger partial charge in [-0.2, -0.15) is 0 Å². The van der Waals surface area contributed by atoms with Crippen LogP contribution in [-0.4, -0.2) is 48.8 Å². The zero-order chi connectivity index (χ0) is 14.3. The predicted octanol–water partition coefficient (Wildman–Crippen LogP) is 3.04. The maximum absolute atomic E-state index is 5.93. The number of nitrogens with zero attached hydrogens (tertiary/aromatic N) is 1. The Kier molecular flexibility index (Phi) is 7.96. The molecule has 3 nitrogen and oxygen atoms in total. The first-order valence-electron chi connectivity index (χ1n) is 8.11. The second-order valence-corrected chi connectivity index (χ2v) is 6.48. The van der Waals surface area contributed by atoms with Crippen molar-refractivity contribution in [1.29, 1.82) is 0 Å². The highest BCUT2D eigenvalue weighted by Crippen LogP contribution is 2.18. The van der Waals surface area contributed by atoms with E-state index in [-0.39, 0.29) is 0 Å². The van der Waals surface area contributed by atoms with Crippen LogP contribution >= 0.6 is 0 Å². The van der Waals surface area contributed by atoms with Crippen LogP contribution in [0.3, 0.4) is 0 Å². The van der Waals surface area contributed by atoms with Crippen LogP contribution in [0.15, 0.2) is 0 Å². The second-order valence-electron chi connectivity index (χ2n) is 6.48. The molecule has 0 aromatic rings. The van der Waals surface area contributed by atoms with Crippen molar-refractivity contribution in [2.24, 2.45) is 0 Å². The van der Waals surface area contributed by atoms with Crippen molar-refractivity contribution in [3.8, 4) is 0 Å². The fourth-order valence-corrected chi connectivity index (χ4v) is 2.54. The molecule has 0 spiro atoms. The summed E-state index contributed by atoms with van der Waals surface area (Å²) in [5.41, 5.74) is 0. The van der Waals surface area contributed by atoms with Crippen LogP contribution < -0.4 is 5.32 Å². The maximum atomic E-state index is 5.93. The summed E-state index contributed by atoms with van der Waals surface area (Å²) in [5.74, 6) is 0. The molecule has 1 saturated carbocycles. The van der Waals surface area contributed by atoms with E-state index in [2.05, 4.69) is 44.8 Å². The molecule has 0 aromatic heterocycles. The molecule has 1 aliphatic rings. The van der Waals surface area contributed by atoms with Gasteiger partial charge in [0.05, 0.1) is 12.7 Å². The van der Waals surface area contributed by atoms with Crippen molar-refractivity contribution in [3.63, 3.8) is 0 Å². The summed E-state index contributed by atoms with van der Waals surface area (Å²) in [6.07, 6.45) is 5.55. The van der Waals surface area contributed by atoms with Gasteiger partial charge in [-0.25, -0.2) is 0 Å². The fourth-order valence-electron chi connectivity index (χ4n) is 2.54. The molecule has 1 N–H and O–H groups in total. The van der Waals surface area contributed by atoms with E-state index in [4.69, 9.17) is 4.74 Å². The molecule has 0 saturated heterocycles. The van der Waals surface area contributed by atoms with Crippen molar-refractivity contribution in [2.45, 2.75) is 84.5 Å². The Bertz CT molecular complexity index is 219. The third kappa shape index (κ3) is 7.91. The van der Waals surface area contributed by atoms with E-state index in [9.17, 15) is 0 Å². The molecule has 0 bridgehead atoms. The normalized spacial score (nSPS) is 17.7.